The van der Waals surface area contributed by atoms with Crippen molar-refractivity contribution in [3.8, 4) is 17.6 Å². The van der Waals surface area contributed by atoms with E-state index in [1.54, 1.807) is 43.4 Å². The zero-order valence-corrected chi connectivity index (χ0v) is 17.8. The van der Waals surface area contributed by atoms with E-state index in [4.69, 9.17) is 14.2 Å². The number of nitrogens with one attached hydrogen (secondary N) is 1. The van der Waals surface area contributed by atoms with E-state index in [0.717, 1.165) is 0 Å². The highest BCUT2D eigenvalue weighted by molar-refractivity contribution is 6.09. The number of amides is 1. The Bertz CT molecular complexity index is 1050. The van der Waals surface area contributed by atoms with E-state index in [1.807, 2.05) is 6.07 Å². The Hall–Kier alpha value is -4.05. The predicted octanol–water partition coefficient (Wildman–Crippen LogP) is 3.62. The first kappa shape index (κ1) is 23.2. The summed E-state index contributed by atoms with van der Waals surface area (Å²) in [7, 11) is 1.54. The monoisotopic (exact) mass is 420 g/mol. The molecule has 1 amide bonds. The van der Waals surface area contributed by atoms with Crippen LogP contribution in [0.15, 0.2) is 72.1 Å². The van der Waals surface area contributed by atoms with Crippen LogP contribution in [-0.2, 0) is 14.3 Å². The minimum absolute atomic E-state index is 0.0412. The second-order valence-corrected chi connectivity index (χ2v) is 6.56. The number of hydrogen-bond acceptors (Lipinski definition) is 6. The number of esters is 1. The summed E-state index contributed by atoms with van der Waals surface area (Å²) >= 11 is 0. The molecule has 0 unspecified atom stereocenters. The summed E-state index contributed by atoms with van der Waals surface area (Å²) < 4.78 is 16.1. The van der Waals surface area contributed by atoms with Gasteiger partial charge in [-0.15, -0.1) is 0 Å². The number of hydrogen-bond donors (Lipinski definition) is 1. The molecule has 160 valence electrons. The molecule has 0 radical (unpaired) electrons. The lowest BCUT2D eigenvalue weighted by Gasteiger charge is -2.24. The SMILES string of the molecule is C=C/C=C\C1=C(C)Oc2cc(OC)ccc2/C1=C(/C#N)C(=O)NCCOC(=O)C(=C)C. The molecular weight excluding hydrogens is 396 g/mol. The highest BCUT2D eigenvalue weighted by atomic mass is 16.5. The molecule has 0 fully saturated rings. The third kappa shape index (κ3) is 5.52. The lowest BCUT2D eigenvalue weighted by molar-refractivity contribution is -0.139. The van der Waals surface area contributed by atoms with Crippen molar-refractivity contribution in [1.82, 2.24) is 5.32 Å². The minimum Gasteiger partial charge on any atom is -0.497 e. The number of carbonyl (C=O) groups excluding carboxylic acids is 2. The van der Waals surface area contributed by atoms with Gasteiger partial charge in [0, 0.05) is 28.3 Å². The first-order chi connectivity index (χ1) is 14.8. The van der Waals surface area contributed by atoms with Gasteiger partial charge in [-0.2, -0.15) is 5.26 Å². The highest BCUT2D eigenvalue weighted by Gasteiger charge is 2.27. The summed E-state index contributed by atoms with van der Waals surface area (Å²) in [5.74, 6) is 0.433. The van der Waals surface area contributed by atoms with E-state index in [0.29, 0.717) is 34.0 Å². The number of fused-ring (bicyclic) bond motifs is 1. The standard InChI is InChI=1S/C24H24N2O5/c1-6-7-8-18-16(4)31-21-13-17(29-5)9-10-19(21)22(18)20(14-25)23(27)26-11-12-30-24(28)15(2)3/h6-10,13H,1-2,11-12H2,3-5H3,(H,26,27)/b8-7-,22-20-. The Kier molecular flexibility index (Phi) is 7.98. The van der Waals surface area contributed by atoms with E-state index >= 15 is 0 Å². The smallest absolute Gasteiger partial charge is 0.333 e. The average Bonchev–Trinajstić information content (AvgIpc) is 2.75. The number of ether oxygens (including phenoxy) is 3. The van der Waals surface area contributed by atoms with Gasteiger partial charge in [0.2, 0.25) is 0 Å². The molecule has 1 aliphatic heterocycles. The van der Waals surface area contributed by atoms with Crippen molar-refractivity contribution < 1.29 is 23.8 Å². The number of carbonyl (C=O) groups is 2. The second-order valence-electron chi connectivity index (χ2n) is 6.56. The van der Waals surface area contributed by atoms with Crippen LogP contribution in [0.3, 0.4) is 0 Å². The molecule has 0 bridgehead atoms. The van der Waals surface area contributed by atoms with Crippen LogP contribution in [0.5, 0.6) is 11.5 Å². The predicted molar refractivity (Wildman–Crippen MR) is 117 cm³/mol. The molecule has 1 aromatic rings. The van der Waals surface area contributed by atoms with Crippen LogP contribution in [-0.4, -0.2) is 32.1 Å². The normalized spacial score (nSPS) is 14.1. The quantitative estimate of drug-likeness (QED) is 0.227. The van der Waals surface area contributed by atoms with Crippen molar-refractivity contribution >= 4 is 17.4 Å². The molecule has 0 saturated heterocycles. The molecule has 0 spiro atoms. The number of allylic oxidation sites excluding steroid dienone is 6. The molecule has 1 aromatic carbocycles. The zero-order chi connectivity index (χ0) is 23.0. The Morgan fingerprint density at radius 2 is 2.10 bits per heavy atom. The van der Waals surface area contributed by atoms with Gasteiger partial charge in [-0.05, 0) is 26.0 Å². The third-order valence-corrected chi connectivity index (χ3v) is 4.33. The van der Waals surface area contributed by atoms with E-state index in [1.165, 1.54) is 14.0 Å². The third-order valence-electron chi connectivity index (χ3n) is 4.33. The van der Waals surface area contributed by atoms with Gasteiger partial charge < -0.3 is 19.5 Å². The molecule has 0 atom stereocenters. The number of rotatable bonds is 8. The molecule has 7 nitrogen and oxygen atoms in total. The second kappa shape index (κ2) is 10.6. The van der Waals surface area contributed by atoms with Crippen LogP contribution in [0.2, 0.25) is 0 Å². The van der Waals surface area contributed by atoms with Gasteiger partial charge in [-0.3, -0.25) is 4.79 Å². The molecular formula is C24H24N2O5. The molecule has 31 heavy (non-hydrogen) atoms. The number of nitrogens with zero attached hydrogens (tertiary/aromatic N) is 1. The topological polar surface area (TPSA) is 97.7 Å². The first-order valence-electron chi connectivity index (χ1n) is 9.45. The summed E-state index contributed by atoms with van der Waals surface area (Å²) in [5.41, 5.74) is 1.76. The highest BCUT2D eigenvalue weighted by Crippen LogP contribution is 2.42. The van der Waals surface area contributed by atoms with Gasteiger partial charge in [-0.25, -0.2) is 4.79 Å². The maximum Gasteiger partial charge on any atom is 0.333 e. The van der Waals surface area contributed by atoms with Crippen LogP contribution < -0.4 is 14.8 Å². The van der Waals surface area contributed by atoms with E-state index < -0.39 is 11.9 Å². The number of benzene rings is 1. The van der Waals surface area contributed by atoms with Crippen molar-refractivity contribution in [2.45, 2.75) is 13.8 Å². The Morgan fingerprint density at radius 3 is 2.71 bits per heavy atom. The molecule has 0 aromatic heterocycles. The van der Waals surface area contributed by atoms with Crippen molar-refractivity contribution in [3.05, 3.63) is 77.6 Å². The number of methoxy groups -OCH3 is 1. The molecule has 0 aliphatic carbocycles. The van der Waals surface area contributed by atoms with Crippen LogP contribution in [0.25, 0.3) is 5.57 Å². The molecule has 7 heteroatoms. The fourth-order valence-electron chi connectivity index (χ4n) is 2.84. The fraction of sp³-hybridized carbons (Fsp3) is 0.208. The van der Waals surface area contributed by atoms with Crippen LogP contribution in [0.4, 0.5) is 0 Å². The summed E-state index contributed by atoms with van der Waals surface area (Å²) in [5, 5.41) is 12.4. The van der Waals surface area contributed by atoms with Gasteiger partial charge in [-0.1, -0.05) is 31.4 Å². The summed E-state index contributed by atoms with van der Waals surface area (Å²) in [6, 6.07) is 7.15. The maximum absolute atomic E-state index is 12.8. The van der Waals surface area contributed by atoms with Gasteiger partial charge in [0.1, 0.15) is 35.5 Å². The van der Waals surface area contributed by atoms with Gasteiger partial charge in [0.05, 0.1) is 13.7 Å². The summed E-state index contributed by atoms with van der Waals surface area (Å²) in [4.78, 5) is 24.3. The summed E-state index contributed by atoms with van der Waals surface area (Å²) in [6.07, 6.45) is 5.01. The Labute approximate surface area is 181 Å². The van der Waals surface area contributed by atoms with Gasteiger partial charge in [0.25, 0.3) is 5.91 Å². The fourth-order valence-corrected chi connectivity index (χ4v) is 2.84. The van der Waals surface area contributed by atoms with Crippen LogP contribution >= 0.6 is 0 Å². The van der Waals surface area contributed by atoms with Crippen LogP contribution in [0, 0.1) is 11.3 Å². The first-order valence-corrected chi connectivity index (χ1v) is 9.45. The molecule has 1 aliphatic rings. The van der Waals surface area contributed by atoms with Gasteiger partial charge >= 0.3 is 5.97 Å². The van der Waals surface area contributed by atoms with Crippen molar-refractivity contribution in [1.29, 1.82) is 5.26 Å². The molecule has 2 rings (SSSR count). The molecule has 1 N–H and O–H groups in total. The van der Waals surface area contributed by atoms with Crippen molar-refractivity contribution in [3.63, 3.8) is 0 Å². The van der Waals surface area contributed by atoms with Gasteiger partial charge in [0.15, 0.2) is 0 Å². The van der Waals surface area contributed by atoms with Crippen molar-refractivity contribution in [2.75, 3.05) is 20.3 Å². The van der Waals surface area contributed by atoms with E-state index in [2.05, 4.69) is 18.5 Å². The lowest BCUT2D eigenvalue weighted by atomic mass is 9.89. The van der Waals surface area contributed by atoms with Crippen LogP contribution in [0.1, 0.15) is 19.4 Å². The summed E-state index contributed by atoms with van der Waals surface area (Å²) in [6.45, 7) is 10.4. The van der Waals surface area contributed by atoms with E-state index in [-0.39, 0.29) is 24.3 Å². The Balaban J connectivity index is 2.44. The van der Waals surface area contributed by atoms with E-state index in [9.17, 15) is 14.9 Å². The maximum atomic E-state index is 12.8. The van der Waals surface area contributed by atoms with Crippen molar-refractivity contribution in [2.24, 2.45) is 0 Å². The molecule has 0 saturated carbocycles. The largest absolute Gasteiger partial charge is 0.497 e. The average molecular weight is 420 g/mol. The minimum atomic E-state index is -0.593. The molecule has 1 heterocycles. The lowest BCUT2D eigenvalue weighted by Crippen LogP contribution is -2.30. The Morgan fingerprint density at radius 1 is 1.35 bits per heavy atom. The number of nitriles is 1. The zero-order valence-electron chi connectivity index (χ0n) is 17.8.